The SMILES string of the molecule is CCc1ccc(NC(=O)c2cccc(C(C)(C)C#N)c2)cc1O. The zero-order valence-corrected chi connectivity index (χ0v) is 13.6. The molecule has 0 unspecified atom stereocenters. The topological polar surface area (TPSA) is 73.1 Å². The molecule has 23 heavy (non-hydrogen) atoms. The molecule has 0 saturated heterocycles. The molecule has 0 atom stereocenters. The average Bonchev–Trinajstić information content (AvgIpc) is 2.55. The van der Waals surface area contributed by atoms with Crippen molar-refractivity contribution in [1.82, 2.24) is 0 Å². The highest BCUT2D eigenvalue weighted by molar-refractivity contribution is 6.04. The van der Waals surface area contributed by atoms with Crippen molar-refractivity contribution in [1.29, 1.82) is 5.26 Å². The summed E-state index contributed by atoms with van der Waals surface area (Å²) in [5.41, 5.74) is 1.98. The number of aryl methyl sites for hydroxylation is 1. The predicted molar refractivity (Wildman–Crippen MR) is 90.5 cm³/mol. The molecule has 0 heterocycles. The van der Waals surface area contributed by atoms with Crippen molar-refractivity contribution in [3.8, 4) is 11.8 Å². The molecule has 4 heteroatoms. The Morgan fingerprint density at radius 2 is 2.00 bits per heavy atom. The zero-order valence-electron chi connectivity index (χ0n) is 13.6. The van der Waals surface area contributed by atoms with E-state index in [1.165, 1.54) is 0 Å². The number of anilines is 1. The third-order valence-corrected chi connectivity index (χ3v) is 3.85. The molecule has 2 aromatic rings. The Labute approximate surface area is 136 Å². The van der Waals surface area contributed by atoms with Gasteiger partial charge in [0.05, 0.1) is 11.5 Å². The van der Waals surface area contributed by atoms with Crippen molar-refractivity contribution in [3.63, 3.8) is 0 Å². The Kier molecular flexibility index (Phi) is 4.71. The van der Waals surface area contributed by atoms with Crippen LogP contribution in [0.3, 0.4) is 0 Å². The number of aromatic hydroxyl groups is 1. The summed E-state index contributed by atoms with van der Waals surface area (Å²) in [6, 6.07) is 14.3. The van der Waals surface area contributed by atoms with Gasteiger partial charge in [0.25, 0.3) is 5.91 Å². The summed E-state index contributed by atoms with van der Waals surface area (Å²) in [5, 5.41) is 21.8. The maximum absolute atomic E-state index is 12.4. The quantitative estimate of drug-likeness (QED) is 0.896. The standard InChI is InChI=1S/C19H20N2O2/c1-4-13-8-9-16(11-17(13)22)21-18(23)14-6-5-7-15(10-14)19(2,3)12-20/h5-11,22H,4H2,1-3H3,(H,21,23). The van der Waals surface area contributed by atoms with Crippen LogP contribution in [0.4, 0.5) is 5.69 Å². The first kappa shape index (κ1) is 16.6. The van der Waals surface area contributed by atoms with Crippen molar-refractivity contribution < 1.29 is 9.90 Å². The number of amides is 1. The highest BCUT2D eigenvalue weighted by Crippen LogP contribution is 2.25. The number of phenolic OH excluding ortho intramolecular Hbond substituents is 1. The first-order valence-corrected chi connectivity index (χ1v) is 7.52. The highest BCUT2D eigenvalue weighted by Gasteiger charge is 2.20. The third kappa shape index (κ3) is 3.70. The van der Waals surface area contributed by atoms with Crippen LogP contribution in [-0.4, -0.2) is 11.0 Å². The number of phenols is 1. The minimum Gasteiger partial charge on any atom is -0.508 e. The number of nitrogens with zero attached hydrogens (tertiary/aromatic N) is 1. The van der Waals surface area contributed by atoms with Crippen molar-refractivity contribution in [3.05, 3.63) is 59.2 Å². The van der Waals surface area contributed by atoms with Crippen LogP contribution in [0.5, 0.6) is 5.75 Å². The molecule has 0 aliphatic rings. The van der Waals surface area contributed by atoms with Crippen molar-refractivity contribution >= 4 is 11.6 Å². The van der Waals surface area contributed by atoms with Crippen LogP contribution in [0.15, 0.2) is 42.5 Å². The molecule has 0 aliphatic carbocycles. The van der Waals surface area contributed by atoms with Crippen LogP contribution >= 0.6 is 0 Å². The van der Waals surface area contributed by atoms with Crippen LogP contribution in [0.1, 0.15) is 42.3 Å². The molecule has 118 valence electrons. The van der Waals surface area contributed by atoms with Gasteiger partial charge >= 0.3 is 0 Å². The van der Waals surface area contributed by atoms with Gasteiger partial charge in [0.2, 0.25) is 0 Å². The lowest BCUT2D eigenvalue weighted by Gasteiger charge is -2.16. The van der Waals surface area contributed by atoms with Gasteiger partial charge in [0, 0.05) is 17.3 Å². The van der Waals surface area contributed by atoms with E-state index in [-0.39, 0.29) is 11.7 Å². The minimum atomic E-state index is -0.655. The molecule has 0 fully saturated rings. The largest absolute Gasteiger partial charge is 0.508 e. The van der Waals surface area contributed by atoms with E-state index in [0.717, 1.165) is 17.5 Å². The molecule has 0 aliphatic heterocycles. The van der Waals surface area contributed by atoms with Crippen molar-refractivity contribution in [2.45, 2.75) is 32.6 Å². The summed E-state index contributed by atoms with van der Waals surface area (Å²) in [6.45, 7) is 5.58. The monoisotopic (exact) mass is 308 g/mol. The Hall–Kier alpha value is -2.80. The number of hydrogen-bond acceptors (Lipinski definition) is 3. The first-order chi connectivity index (χ1) is 10.9. The fourth-order valence-corrected chi connectivity index (χ4v) is 2.26. The van der Waals surface area contributed by atoms with Crippen molar-refractivity contribution in [2.24, 2.45) is 0 Å². The molecular weight excluding hydrogens is 288 g/mol. The van der Waals surface area contributed by atoms with Crippen LogP contribution in [0.25, 0.3) is 0 Å². The van der Waals surface area contributed by atoms with Gasteiger partial charge in [0.15, 0.2) is 0 Å². The van der Waals surface area contributed by atoms with Crippen LogP contribution < -0.4 is 5.32 Å². The van der Waals surface area contributed by atoms with Gasteiger partial charge in [-0.15, -0.1) is 0 Å². The lowest BCUT2D eigenvalue weighted by Crippen LogP contribution is -2.17. The minimum absolute atomic E-state index is 0.171. The molecule has 1 amide bonds. The second-order valence-corrected chi connectivity index (χ2v) is 5.97. The van der Waals surface area contributed by atoms with Gasteiger partial charge in [-0.1, -0.05) is 25.1 Å². The Bertz CT molecular complexity index is 773. The fourth-order valence-electron chi connectivity index (χ4n) is 2.26. The van der Waals surface area contributed by atoms with Crippen LogP contribution in [-0.2, 0) is 11.8 Å². The molecule has 0 spiro atoms. The second-order valence-electron chi connectivity index (χ2n) is 5.97. The fraction of sp³-hybridized carbons (Fsp3) is 0.263. The smallest absolute Gasteiger partial charge is 0.255 e. The Morgan fingerprint density at radius 1 is 1.26 bits per heavy atom. The summed E-state index contributed by atoms with van der Waals surface area (Å²) in [7, 11) is 0. The van der Waals surface area contributed by atoms with Crippen LogP contribution in [0.2, 0.25) is 0 Å². The molecule has 2 rings (SSSR count). The second kappa shape index (κ2) is 6.53. The maximum atomic E-state index is 12.4. The number of hydrogen-bond donors (Lipinski definition) is 2. The summed E-state index contributed by atoms with van der Waals surface area (Å²) in [5.74, 6) is -0.103. The van der Waals surface area contributed by atoms with Gasteiger partial charge in [-0.25, -0.2) is 0 Å². The molecule has 0 radical (unpaired) electrons. The Balaban J connectivity index is 2.23. The number of nitriles is 1. The van der Waals surface area contributed by atoms with Gasteiger partial charge in [-0.2, -0.15) is 5.26 Å². The van der Waals surface area contributed by atoms with E-state index in [1.54, 1.807) is 36.4 Å². The molecule has 2 N–H and O–H groups in total. The molecule has 0 saturated carbocycles. The lowest BCUT2D eigenvalue weighted by molar-refractivity contribution is 0.102. The number of nitrogens with one attached hydrogen (secondary N) is 1. The summed E-state index contributed by atoms with van der Waals surface area (Å²) in [4.78, 5) is 12.4. The van der Waals surface area contributed by atoms with E-state index < -0.39 is 5.41 Å². The van der Waals surface area contributed by atoms with Crippen molar-refractivity contribution in [2.75, 3.05) is 5.32 Å². The maximum Gasteiger partial charge on any atom is 0.255 e. The summed E-state index contributed by atoms with van der Waals surface area (Å²) in [6.07, 6.45) is 0.728. The van der Waals surface area contributed by atoms with Crippen LogP contribution in [0, 0.1) is 11.3 Å². The van der Waals surface area contributed by atoms with E-state index in [0.29, 0.717) is 11.3 Å². The van der Waals surface area contributed by atoms with E-state index >= 15 is 0 Å². The summed E-state index contributed by atoms with van der Waals surface area (Å²) < 4.78 is 0. The number of carbonyl (C=O) groups is 1. The summed E-state index contributed by atoms with van der Waals surface area (Å²) >= 11 is 0. The van der Waals surface area contributed by atoms with E-state index in [1.807, 2.05) is 26.8 Å². The van der Waals surface area contributed by atoms with Gasteiger partial charge in [-0.05, 0) is 49.6 Å². The normalized spacial score (nSPS) is 10.9. The number of carbonyl (C=O) groups excluding carboxylic acids is 1. The van der Waals surface area contributed by atoms with Gasteiger partial charge in [-0.3, -0.25) is 4.79 Å². The first-order valence-electron chi connectivity index (χ1n) is 7.52. The van der Waals surface area contributed by atoms with E-state index in [4.69, 9.17) is 0 Å². The molecule has 0 aromatic heterocycles. The molecule has 4 nitrogen and oxygen atoms in total. The average molecular weight is 308 g/mol. The number of benzene rings is 2. The van der Waals surface area contributed by atoms with E-state index in [9.17, 15) is 15.2 Å². The highest BCUT2D eigenvalue weighted by atomic mass is 16.3. The molecule has 0 bridgehead atoms. The van der Waals surface area contributed by atoms with Gasteiger partial charge in [0.1, 0.15) is 5.75 Å². The Morgan fingerprint density at radius 3 is 2.61 bits per heavy atom. The molecular formula is C19H20N2O2. The lowest BCUT2D eigenvalue weighted by atomic mass is 9.85. The molecule has 2 aromatic carbocycles. The van der Waals surface area contributed by atoms with E-state index in [2.05, 4.69) is 11.4 Å². The van der Waals surface area contributed by atoms with Gasteiger partial charge < -0.3 is 10.4 Å². The number of rotatable bonds is 4. The predicted octanol–water partition coefficient (Wildman–Crippen LogP) is 4.01. The third-order valence-electron chi connectivity index (χ3n) is 3.85. The zero-order chi connectivity index (χ0) is 17.0.